The van der Waals surface area contributed by atoms with E-state index >= 15 is 0 Å². The Labute approximate surface area is 382 Å². The first-order valence-corrected chi connectivity index (χ1v) is 22.3. The van der Waals surface area contributed by atoms with Crippen molar-refractivity contribution in [2.75, 3.05) is 24.7 Å². The molecule has 0 aromatic heterocycles. The number of carbonyl (C=O) groups excluding carboxylic acids is 3. The third-order valence-electron chi connectivity index (χ3n) is 9.41. The van der Waals surface area contributed by atoms with E-state index in [1.165, 1.54) is 20.9 Å². The zero-order chi connectivity index (χ0) is 43.5. The van der Waals surface area contributed by atoms with Crippen molar-refractivity contribution in [1.29, 1.82) is 0 Å². The number of benzene rings is 6. The number of thioether (sulfide) groups is 2. The van der Waals surface area contributed by atoms with Crippen LogP contribution in [0.3, 0.4) is 0 Å². The van der Waals surface area contributed by atoms with Crippen molar-refractivity contribution in [2.24, 2.45) is 0 Å². The molecule has 6 aromatic carbocycles. The lowest BCUT2D eigenvalue weighted by Crippen LogP contribution is -2.48. The molecule has 11 heteroatoms. The van der Waals surface area contributed by atoms with Crippen LogP contribution in [0.4, 0.5) is 16.2 Å². The first kappa shape index (κ1) is 49.1. The van der Waals surface area contributed by atoms with Crippen molar-refractivity contribution >= 4 is 65.2 Å². The third kappa shape index (κ3) is 17.1. The number of nitrogens with one attached hydrogen (secondary N) is 3. The molecule has 324 valence electrons. The van der Waals surface area contributed by atoms with E-state index in [-0.39, 0.29) is 30.3 Å². The van der Waals surface area contributed by atoms with E-state index in [1.807, 2.05) is 149 Å². The summed E-state index contributed by atoms with van der Waals surface area (Å²) in [7, 11) is 3.42. The molecule has 0 radical (unpaired) electrons. The number of amides is 3. The highest BCUT2D eigenvalue weighted by molar-refractivity contribution is 7.98. The van der Waals surface area contributed by atoms with Crippen LogP contribution in [0.2, 0.25) is 0 Å². The fraction of sp³-hybridized carbons (Fsp3) is 0.235. The van der Waals surface area contributed by atoms with E-state index in [1.54, 1.807) is 30.6 Å². The summed E-state index contributed by atoms with van der Waals surface area (Å²) < 4.78 is 5.50. The number of anilines is 2. The lowest BCUT2D eigenvalue weighted by Gasteiger charge is -2.30. The fourth-order valence-electron chi connectivity index (χ4n) is 6.09. The minimum Gasteiger partial charge on any atom is -0.444 e. The summed E-state index contributed by atoms with van der Waals surface area (Å²) >= 11 is 3.53. The van der Waals surface area contributed by atoms with Gasteiger partial charge in [-0.05, 0) is 105 Å². The number of carbonyl (C=O) groups is 3. The van der Waals surface area contributed by atoms with Gasteiger partial charge in [-0.2, -0.15) is 0 Å². The number of hydrogen-bond donors (Lipinski definition) is 3. The van der Waals surface area contributed by atoms with Crippen LogP contribution in [0.5, 0.6) is 0 Å². The van der Waals surface area contributed by atoms with Crippen LogP contribution in [0.15, 0.2) is 180 Å². The molecule has 0 aliphatic heterocycles. The summed E-state index contributed by atoms with van der Waals surface area (Å²) in [6.07, 6.45) is 0.512. The molecule has 6 rings (SSSR count). The normalized spacial score (nSPS) is 11.7. The molecule has 0 saturated carbocycles. The summed E-state index contributed by atoms with van der Waals surface area (Å²) in [5, 5.41) is 9.07. The van der Waals surface area contributed by atoms with E-state index in [0.717, 1.165) is 33.2 Å². The molecule has 6 aromatic rings. The van der Waals surface area contributed by atoms with Gasteiger partial charge >= 0.3 is 6.09 Å². The second kappa shape index (κ2) is 25.4. The fourth-order valence-corrected chi connectivity index (χ4v) is 7.79. The Bertz CT molecular complexity index is 2230. The minimum absolute atomic E-state index is 0. The second-order valence-electron chi connectivity index (χ2n) is 15.4. The van der Waals surface area contributed by atoms with Crippen LogP contribution in [0.1, 0.15) is 43.0 Å². The summed E-state index contributed by atoms with van der Waals surface area (Å²) in [5.74, 6) is 1.53. The van der Waals surface area contributed by atoms with Gasteiger partial charge in [-0.3, -0.25) is 14.5 Å². The maximum absolute atomic E-state index is 13.3. The van der Waals surface area contributed by atoms with Gasteiger partial charge in [-0.25, -0.2) is 4.79 Å². The van der Waals surface area contributed by atoms with E-state index in [2.05, 4.69) is 64.5 Å². The Morgan fingerprint density at radius 3 is 1.31 bits per heavy atom. The largest absolute Gasteiger partial charge is 0.444 e. The monoisotopic (exact) mass is 888 g/mol. The molecule has 0 bridgehead atoms. The zero-order valence-corrected chi connectivity index (χ0v) is 38.4. The van der Waals surface area contributed by atoms with Crippen LogP contribution in [0, 0.1) is 0 Å². The molecule has 0 aliphatic rings. The van der Waals surface area contributed by atoms with E-state index in [9.17, 15) is 14.4 Å². The molecular formula is C51H57ClN4O4S2. The molecule has 0 fully saturated rings. The molecule has 0 unspecified atom stereocenters. The van der Waals surface area contributed by atoms with E-state index < -0.39 is 17.7 Å². The van der Waals surface area contributed by atoms with Gasteiger partial charge in [0, 0.05) is 46.1 Å². The molecule has 0 saturated heterocycles. The van der Waals surface area contributed by atoms with E-state index in [4.69, 9.17) is 4.74 Å². The maximum Gasteiger partial charge on any atom is 0.410 e. The van der Waals surface area contributed by atoms with Crippen molar-refractivity contribution in [2.45, 2.75) is 72.6 Å². The van der Waals surface area contributed by atoms with Gasteiger partial charge in [0.15, 0.2) is 0 Å². The summed E-state index contributed by atoms with van der Waals surface area (Å²) in [6.45, 7) is 5.42. The molecule has 3 amide bonds. The van der Waals surface area contributed by atoms with Crippen molar-refractivity contribution < 1.29 is 19.1 Å². The highest BCUT2D eigenvalue weighted by Crippen LogP contribution is 2.26. The number of likely N-dealkylation sites (N-methyl/N-ethyl adjacent to an activating group) is 2. The topological polar surface area (TPSA) is 99.8 Å². The van der Waals surface area contributed by atoms with Crippen molar-refractivity contribution in [3.8, 4) is 0 Å². The van der Waals surface area contributed by atoms with Gasteiger partial charge in [0.2, 0.25) is 11.8 Å². The van der Waals surface area contributed by atoms with Crippen LogP contribution < -0.4 is 16.0 Å². The summed E-state index contributed by atoms with van der Waals surface area (Å²) in [4.78, 5) is 42.2. The Kier molecular flexibility index (Phi) is 20.1. The molecule has 62 heavy (non-hydrogen) atoms. The maximum atomic E-state index is 13.3. The number of rotatable bonds is 16. The molecule has 8 nitrogen and oxygen atoms in total. The lowest BCUT2D eigenvalue weighted by molar-refractivity contribution is -0.121. The Morgan fingerprint density at radius 1 is 0.548 bits per heavy atom. The first-order valence-electron chi connectivity index (χ1n) is 20.3. The minimum atomic E-state index is -0.718. The zero-order valence-electron chi connectivity index (χ0n) is 36.0. The average Bonchev–Trinajstić information content (AvgIpc) is 3.27. The third-order valence-corrected chi connectivity index (χ3v) is 11.6. The highest BCUT2D eigenvalue weighted by Gasteiger charge is 2.30. The smallest absolute Gasteiger partial charge is 0.410 e. The Hall–Kier alpha value is -5.52. The summed E-state index contributed by atoms with van der Waals surface area (Å²) in [5.41, 5.74) is 5.52. The number of hydrogen-bond acceptors (Lipinski definition) is 7. The molecule has 0 spiro atoms. The van der Waals surface area contributed by atoms with Crippen molar-refractivity contribution in [1.82, 2.24) is 10.2 Å². The van der Waals surface area contributed by atoms with Gasteiger partial charge in [-0.1, -0.05) is 121 Å². The van der Waals surface area contributed by atoms with Gasteiger partial charge < -0.3 is 20.7 Å². The van der Waals surface area contributed by atoms with Crippen LogP contribution >= 0.6 is 35.9 Å². The molecule has 2 atom stereocenters. The van der Waals surface area contributed by atoms with Crippen LogP contribution in [-0.4, -0.2) is 54.6 Å². The SMILES string of the molecule is CN(C(=O)OC(C)(C)C)[C@@H](Cc1ccccc1)C(=O)Nc1ccc(SCc2ccccc2)cc1.CN[C@@H](Cc1ccccc1)C(=O)Nc1ccc(SCc2ccccc2)cc1.Cl. The van der Waals surface area contributed by atoms with Crippen molar-refractivity contribution in [3.63, 3.8) is 0 Å². The van der Waals surface area contributed by atoms with Gasteiger partial charge in [0.05, 0.1) is 6.04 Å². The highest BCUT2D eigenvalue weighted by atomic mass is 35.5. The van der Waals surface area contributed by atoms with Gasteiger partial charge in [0.1, 0.15) is 11.6 Å². The average molecular weight is 890 g/mol. The summed E-state index contributed by atoms with van der Waals surface area (Å²) in [6, 6.07) is 55.2. The predicted molar refractivity (Wildman–Crippen MR) is 260 cm³/mol. The molecular weight excluding hydrogens is 832 g/mol. The number of halogens is 1. The van der Waals surface area contributed by atoms with Gasteiger partial charge in [0.25, 0.3) is 0 Å². The standard InChI is InChI=1S/C28H32N2O3S.C23H24N2OS.ClH/c1-28(2,3)33-27(32)30(4)25(19-21-11-7-5-8-12-21)26(31)29-23-15-17-24(18-16-23)34-20-22-13-9-6-10-14-22;1-24-22(16-18-8-4-2-5-9-18)23(26)25-20-12-14-21(15-13-20)27-17-19-10-6-3-7-11-19;/h5-18,25H,19-20H2,1-4H3,(H,29,31);2-15,22,24H,16-17H2,1H3,(H,25,26);1H/t25-;22-;/m00./s1. The Morgan fingerprint density at radius 2 is 0.919 bits per heavy atom. The first-order chi connectivity index (χ1) is 29.5. The van der Waals surface area contributed by atoms with E-state index in [0.29, 0.717) is 18.5 Å². The van der Waals surface area contributed by atoms with Gasteiger partial charge in [-0.15, -0.1) is 35.9 Å². The molecule has 3 N–H and O–H groups in total. The number of ether oxygens (including phenoxy) is 1. The number of nitrogens with zero attached hydrogens (tertiary/aromatic N) is 1. The lowest BCUT2D eigenvalue weighted by atomic mass is 10.0. The van der Waals surface area contributed by atoms with Crippen molar-refractivity contribution in [3.05, 3.63) is 192 Å². The Balaban J connectivity index is 0.000000275. The van der Waals surface area contributed by atoms with Crippen LogP contribution in [-0.2, 0) is 38.7 Å². The quantitative estimate of drug-likeness (QED) is 0.0832. The predicted octanol–water partition coefficient (Wildman–Crippen LogP) is 11.6. The molecule has 0 heterocycles. The molecule has 0 aliphatic carbocycles. The van der Waals surface area contributed by atoms with Crippen LogP contribution in [0.25, 0.3) is 0 Å². The second-order valence-corrected chi connectivity index (χ2v) is 17.5.